The van der Waals surface area contributed by atoms with E-state index in [1.54, 1.807) is 31.6 Å². The van der Waals surface area contributed by atoms with Crippen LogP contribution in [0.2, 0.25) is 0 Å². The van der Waals surface area contributed by atoms with Crippen molar-refractivity contribution in [3.05, 3.63) is 71.7 Å². The molecule has 7 heteroatoms. The lowest BCUT2D eigenvalue weighted by molar-refractivity contribution is -0.137. The van der Waals surface area contributed by atoms with Crippen LogP contribution in [0.15, 0.2) is 59.3 Å². The number of nitrogens with zero attached hydrogens (tertiary/aromatic N) is 2. The lowest BCUT2D eigenvalue weighted by Crippen LogP contribution is -2.29. The summed E-state index contributed by atoms with van der Waals surface area (Å²) >= 11 is 0. The Hall–Kier alpha value is -3.61. The molecule has 1 aliphatic carbocycles. The number of furan rings is 1. The molecule has 1 N–H and O–H groups in total. The number of carbonyl (C=O) groups excluding carboxylic acids is 1. The number of amides is 1. The number of aromatic nitrogens is 1. The second kappa shape index (κ2) is 11.2. The number of aliphatic carboxylic acids is 1. The Kier molecular flexibility index (Phi) is 7.85. The van der Waals surface area contributed by atoms with Crippen molar-refractivity contribution >= 4 is 11.9 Å². The molecule has 0 spiro atoms. The second-order valence-electron chi connectivity index (χ2n) is 9.20. The molecule has 1 aliphatic rings. The molecule has 184 valence electrons. The molecule has 2 aromatic heterocycles. The first kappa shape index (κ1) is 24.5. The predicted molar refractivity (Wildman–Crippen MR) is 132 cm³/mol. The molecule has 0 radical (unpaired) electrons. The quantitative estimate of drug-likeness (QED) is 0.413. The summed E-state index contributed by atoms with van der Waals surface area (Å²) in [7, 11) is 1.61. The van der Waals surface area contributed by atoms with E-state index in [1.165, 1.54) is 24.2 Å². The zero-order valence-corrected chi connectivity index (χ0v) is 20.3. The van der Waals surface area contributed by atoms with Crippen molar-refractivity contribution in [1.82, 2.24) is 9.88 Å². The molecule has 1 unspecified atom stereocenters. The van der Waals surface area contributed by atoms with Crippen LogP contribution in [-0.4, -0.2) is 40.5 Å². The molecule has 2 heterocycles. The summed E-state index contributed by atoms with van der Waals surface area (Å²) in [6, 6.07) is 13.0. The van der Waals surface area contributed by atoms with Crippen LogP contribution < -0.4 is 4.74 Å². The smallest absolute Gasteiger partial charge is 0.305 e. The fourth-order valence-electron chi connectivity index (χ4n) is 4.69. The average molecular weight is 477 g/mol. The van der Waals surface area contributed by atoms with Gasteiger partial charge in [-0.2, -0.15) is 0 Å². The number of hydrogen-bond acceptors (Lipinski definition) is 5. The number of carbonyl (C=O) groups is 2. The summed E-state index contributed by atoms with van der Waals surface area (Å²) in [5.74, 6) is 1.54. The van der Waals surface area contributed by atoms with Gasteiger partial charge < -0.3 is 19.2 Å². The molecule has 0 aliphatic heterocycles. The number of pyridine rings is 1. The van der Waals surface area contributed by atoms with Gasteiger partial charge in [-0.05, 0) is 62.2 Å². The molecule has 0 saturated heterocycles. The maximum atomic E-state index is 12.6. The maximum absolute atomic E-state index is 12.6. The van der Waals surface area contributed by atoms with Gasteiger partial charge in [0, 0.05) is 48.6 Å². The summed E-state index contributed by atoms with van der Waals surface area (Å²) in [5, 5.41) is 8.86. The Morgan fingerprint density at radius 3 is 2.57 bits per heavy atom. The van der Waals surface area contributed by atoms with Crippen LogP contribution in [0, 0.1) is 12.8 Å². The van der Waals surface area contributed by atoms with Crippen LogP contribution in [0.3, 0.4) is 0 Å². The van der Waals surface area contributed by atoms with Crippen LogP contribution in [0.1, 0.15) is 66.3 Å². The monoisotopic (exact) mass is 476 g/mol. The normalized spacial score (nSPS) is 14.9. The molecule has 4 rings (SSSR count). The van der Waals surface area contributed by atoms with Crippen molar-refractivity contribution in [1.29, 1.82) is 0 Å². The first-order valence-electron chi connectivity index (χ1n) is 12.2. The molecular formula is C28H32N2O5. The third kappa shape index (κ3) is 6.10. The Morgan fingerprint density at radius 2 is 1.91 bits per heavy atom. The molecule has 1 fully saturated rings. The largest absolute Gasteiger partial charge is 0.485 e. The van der Waals surface area contributed by atoms with E-state index in [-0.39, 0.29) is 25.0 Å². The highest BCUT2D eigenvalue weighted by Gasteiger charge is 2.30. The van der Waals surface area contributed by atoms with Gasteiger partial charge in [0.1, 0.15) is 23.4 Å². The van der Waals surface area contributed by atoms with E-state index >= 15 is 0 Å². The van der Waals surface area contributed by atoms with Crippen LogP contribution >= 0.6 is 0 Å². The van der Waals surface area contributed by atoms with Crippen LogP contribution in [0.5, 0.6) is 5.75 Å². The molecule has 1 amide bonds. The number of aryl methyl sites for hydroxylation is 1. The number of ether oxygens (including phenoxy) is 1. The maximum Gasteiger partial charge on any atom is 0.305 e. The standard InChI is InChI=1S/C28H32N2O5/c1-19-24(17-25(34-19)22-9-6-15-29-18-22)27(20-7-4-3-5-8-20)35-23-12-10-21(11-13-23)28(33)30(2)16-14-26(31)32/h6,9-13,15,17-18,20,27H,3-5,7-8,14,16H2,1-2H3,(H,31,32). The van der Waals surface area contributed by atoms with Crippen molar-refractivity contribution in [2.75, 3.05) is 13.6 Å². The first-order chi connectivity index (χ1) is 16.9. The lowest BCUT2D eigenvalue weighted by atomic mass is 9.82. The second-order valence-corrected chi connectivity index (χ2v) is 9.20. The molecule has 0 bridgehead atoms. The third-order valence-corrected chi connectivity index (χ3v) is 6.66. The highest BCUT2D eigenvalue weighted by atomic mass is 16.5. The minimum Gasteiger partial charge on any atom is -0.485 e. The van der Waals surface area contributed by atoms with E-state index in [2.05, 4.69) is 11.1 Å². The highest BCUT2D eigenvalue weighted by Crippen LogP contribution is 2.41. The van der Waals surface area contributed by atoms with E-state index in [9.17, 15) is 9.59 Å². The van der Waals surface area contributed by atoms with Crippen LogP contribution in [0.4, 0.5) is 0 Å². The molecule has 35 heavy (non-hydrogen) atoms. The zero-order valence-electron chi connectivity index (χ0n) is 20.3. The predicted octanol–water partition coefficient (Wildman–Crippen LogP) is 5.90. The molecule has 7 nitrogen and oxygen atoms in total. The van der Waals surface area contributed by atoms with E-state index < -0.39 is 5.97 Å². The van der Waals surface area contributed by atoms with E-state index in [4.69, 9.17) is 14.3 Å². The van der Waals surface area contributed by atoms with Crippen molar-refractivity contribution in [2.45, 2.75) is 51.6 Å². The number of rotatable bonds is 9. The summed E-state index contributed by atoms with van der Waals surface area (Å²) in [4.78, 5) is 29.0. The molecule has 1 saturated carbocycles. The van der Waals surface area contributed by atoms with E-state index in [0.29, 0.717) is 17.2 Å². The van der Waals surface area contributed by atoms with Gasteiger partial charge in [-0.3, -0.25) is 14.6 Å². The Balaban J connectivity index is 1.54. The minimum absolute atomic E-state index is 0.0857. The Bertz CT molecular complexity index is 1130. The van der Waals surface area contributed by atoms with Crippen molar-refractivity contribution in [3.63, 3.8) is 0 Å². The van der Waals surface area contributed by atoms with Crippen molar-refractivity contribution in [3.8, 4) is 17.1 Å². The third-order valence-electron chi connectivity index (χ3n) is 6.66. The fourth-order valence-corrected chi connectivity index (χ4v) is 4.69. The van der Waals surface area contributed by atoms with Gasteiger partial charge in [-0.1, -0.05) is 19.3 Å². The van der Waals surface area contributed by atoms with Crippen LogP contribution in [0.25, 0.3) is 11.3 Å². The van der Waals surface area contributed by atoms with Gasteiger partial charge in [0.2, 0.25) is 0 Å². The van der Waals surface area contributed by atoms with Gasteiger partial charge >= 0.3 is 5.97 Å². The van der Waals surface area contributed by atoms with Gasteiger partial charge in [-0.15, -0.1) is 0 Å². The van der Waals surface area contributed by atoms with E-state index in [0.717, 1.165) is 35.5 Å². The number of hydrogen-bond donors (Lipinski definition) is 1. The fraction of sp³-hybridized carbons (Fsp3) is 0.393. The molecular weight excluding hydrogens is 444 g/mol. The number of carboxylic acid groups (broad SMARTS) is 1. The number of carboxylic acids is 1. The minimum atomic E-state index is -0.927. The van der Waals surface area contributed by atoms with E-state index in [1.807, 2.05) is 31.2 Å². The lowest BCUT2D eigenvalue weighted by Gasteiger charge is -2.30. The van der Waals surface area contributed by atoms with Gasteiger partial charge in [0.25, 0.3) is 5.91 Å². The summed E-state index contributed by atoms with van der Waals surface area (Å²) < 4.78 is 12.7. The highest BCUT2D eigenvalue weighted by molar-refractivity contribution is 5.94. The van der Waals surface area contributed by atoms with Crippen LogP contribution in [-0.2, 0) is 4.79 Å². The molecule has 1 atom stereocenters. The SMILES string of the molecule is Cc1oc(-c2cccnc2)cc1C(Oc1ccc(C(=O)N(C)CCC(=O)O)cc1)C1CCCCC1. The molecule has 1 aromatic carbocycles. The molecule has 3 aromatic rings. The Morgan fingerprint density at radius 1 is 1.17 bits per heavy atom. The van der Waals surface area contributed by atoms with Gasteiger partial charge in [0.15, 0.2) is 0 Å². The first-order valence-corrected chi connectivity index (χ1v) is 12.2. The summed E-state index contributed by atoms with van der Waals surface area (Å²) in [6.07, 6.45) is 9.13. The Labute approximate surface area is 205 Å². The van der Waals surface area contributed by atoms with Gasteiger partial charge in [-0.25, -0.2) is 0 Å². The van der Waals surface area contributed by atoms with Crippen molar-refractivity contribution in [2.24, 2.45) is 5.92 Å². The number of benzene rings is 1. The summed E-state index contributed by atoms with van der Waals surface area (Å²) in [5.41, 5.74) is 2.47. The summed E-state index contributed by atoms with van der Waals surface area (Å²) in [6.45, 7) is 2.14. The van der Waals surface area contributed by atoms with Gasteiger partial charge in [0.05, 0.1) is 6.42 Å². The average Bonchev–Trinajstić information content (AvgIpc) is 3.28. The van der Waals surface area contributed by atoms with Crippen molar-refractivity contribution < 1.29 is 23.8 Å². The topological polar surface area (TPSA) is 92.9 Å². The zero-order chi connectivity index (χ0) is 24.8.